The number of nitrogens with zero attached hydrogens (tertiary/aromatic N) is 3. The molecule has 0 aliphatic heterocycles. The molecule has 0 saturated heterocycles. The van der Waals surface area contributed by atoms with Gasteiger partial charge >= 0.3 is 0 Å². The molecular formula is C13H9BrClN3O. The van der Waals surface area contributed by atoms with Crippen LogP contribution in [0.5, 0.6) is 0 Å². The van der Waals surface area contributed by atoms with Gasteiger partial charge in [0.1, 0.15) is 10.3 Å². The average molecular weight is 339 g/mol. The summed E-state index contributed by atoms with van der Waals surface area (Å²) < 4.78 is 1.93. The number of rotatable bonds is 2. The molecule has 0 N–H and O–H groups in total. The van der Waals surface area contributed by atoms with Crippen LogP contribution in [-0.4, -0.2) is 9.55 Å². The van der Waals surface area contributed by atoms with Crippen LogP contribution in [0.25, 0.3) is 0 Å². The minimum atomic E-state index is -0.159. The maximum absolute atomic E-state index is 12.0. The Labute approximate surface area is 123 Å². The quantitative estimate of drug-likeness (QED) is 0.846. The summed E-state index contributed by atoms with van der Waals surface area (Å²) in [7, 11) is 0. The first-order chi connectivity index (χ1) is 9.02. The van der Waals surface area contributed by atoms with Crippen molar-refractivity contribution in [3.05, 3.63) is 61.2 Å². The third-order valence-electron chi connectivity index (χ3n) is 2.72. The highest BCUT2D eigenvalue weighted by molar-refractivity contribution is 9.10. The van der Waals surface area contributed by atoms with Crippen LogP contribution in [-0.2, 0) is 6.54 Å². The van der Waals surface area contributed by atoms with Crippen molar-refractivity contribution in [2.45, 2.75) is 13.5 Å². The highest BCUT2D eigenvalue weighted by Gasteiger charge is 2.09. The number of nitriles is 1. The molecule has 0 unspecified atom stereocenters. The topological polar surface area (TPSA) is 58.7 Å². The first-order valence-corrected chi connectivity index (χ1v) is 6.60. The summed E-state index contributed by atoms with van der Waals surface area (Å²) in [6.45, 7) is 2.08. The van der Waals surface area contributed by atoms with Gasteiger partial charge in [0.15, 0.2) is 0 Å². The molecule has 1 aromatic heterocycles. The van der Waals surface area contributed by atoms with Crippen molar-refractivity contribution >= 4 is 27.5 Å². The molecule has 0 fully saturated rings. The Kier molecular flexibility index (Phi) is 4.03. The van der Waals surface area contributed by atoms with Crippen LogP contribution in [0.2, 0.25) is 5.02 Å². The predicted octanol–water partition coefficient (Wildman–Crippen LogP) is 2.89. The minimum absolute atomic E-state index is 0.159. The normalized spacial score (nSPS) is 10.2. The van der Waals surface area contributed by atoms with Crippen molar-refractivity contribution in [3.8, 4) is 6.07 Å². The lowest BCUT2D eigenvalue weighted by atomic mass is 10.1. The largest absolute Gasteiger partial charge is 0.291 e. The van der Waals surface area contributed by atoms with E-state index in [1.54, 1.807) is 25.1 Å². The second-order valence-electron chi connectivity index (χ2n) is 3.96. The Morgan fingerprint density at radius 1 is 1.53 bits per heavy atom. The molecule has 0 spiro atoms. The van der Waals surface area contributed by atoms with Crippen LogP contribution in [0.15, 0.2) is 33.7 Å². The van der Waals surface area contributed by atoms with Crippen LogP contribution in [0.1, 0.15) is 17.0 Å². The van der Waals surface area contributed by atoms with E-state index in [-0.39, 0.29) is 5.56 Å². The molecule has 0 atom stereocenters. The monoisotopic (exact) mass is 337 g/mol. The molecule has 0 bridgehead atoms. The summed E-state index contributed by atoms with van der Waals surface area (Å²) in [5.74, 6) is 0.605. The van der Waals surface area contributed by atoms with Gasteiger partial charge in [-0.3, -0.25) is 9.36 Å². The molecule has 2 aromatic rings. The van der Waals surface area contributed by atoms with E-state index in [1.807, 2.05) is 6.07 Å². The van der Waals surface area contributed by atoms with Crippen LogP contribution >= 0.6 is 27.5 Å². The fourth-order valence-corrected chi connectivity index (χ4v) is 2.21. The molecule has 0 amide bonds. The number of aromatic nitrogens is 2. The van der Waals surface area contributed by atoms with E-state index in [9.17, 15) is 4.79 Å². The zero-order valence-electron chi connectivity index (χ0n) is 10.0. The number of halogens is 2. The zero-order valence-corrected chi connectivity index (χ0v) is 12.4. The Morgan fingerprint density at radius 2 is 2.26 bits per heavy atom. The van der Waals surface area contributed by atoms with E-state index < -0.39 is 0 Å². The number of benzene rings is 1. The van der Waals surface area contributed by atoms with Gasteiger partial charge in [0, 0.05) is 11.2 Å². The van der Waals surface area contributed by atoms with E-state index in [0.29, 0.717) is 27.4 Å². The zero-order chi connectivity index (χ0) is 14.0. The molecule has 0 aliphatic carbocycles. The molecule has 1 aromatic carbocycles. The van der Waals surface area contributed by atoms with Crippen molar-refractivity contribution in [1.29, 1.82) is 5.26 Å². The van der Waals surface area contributed by atoms with E-state index in [1.165, 1.54) is 10.8 Å². The van der Waals surface area contributed by atoms with Crippen LogP contribution < -0.4 is 5.56 Å². The summed E-state index contributed by atoms with van der Waals surface area (Å²) in [4.78, 5) is 16.1. The smallest absolute Gasteiger partial charge is 0.268 e. The third kappa shape index (κ3) is 2.86. The summed E-state index contributed by atoms with van der Waals surface area (Å²) in [6, 6.07) is 7.02. The number of hydrogen-bond donors (Lipinski definition) is 0. The Bertz CT molecular complexity index is 734. The second-order valence-corrected chi connectivity index (χ2v) is 5.22. The standard InChI is InChI=1S/C13H9BrClN3O/c1-8-17-6-11(14)13(19)18(8)7-10-3-2-9(5-16)4-12(10)15/h2-4,6H,7H2,1H3. The summed E-state index contributed by atoms with van der Waals surface area (Å²) in [5, 5.41) is 9.25. The first-order valence-electron chi connectivity index (χ1n) is 5.43. The van der Waals surface area contributed by atoms with Crippen LogP contribution in [0, 0.1) is 18.3 Å². The molecular weight excluding hydrogens is 330 g/mol. The lowest BCUT2D eigenvalue weighted by molar-refractivity contribution is 0.695. The molecule has 96 valence electrons. The van der Waals surface area contributed by atoms with Crippen molar-refractivity contribution in [3.63, 3.8) is 0 Å². The van der Waals surface area contributed by atoms with Gasteiger partial charge in [-0.1, -0.05) is 17.7 Å². The molecule has 0 aliphatic rings. The summed E-state index contributed by atoms with van der Waals surface area (Å²) >= 11 is 9.27. The van der Waals surface area contributed by atoms with E-state index in [4.69, 9.17) is 16.9 Å². The summed E-state index contributed by atoms with van der Waals surface area (Å²) in [5.41, 5.74) is 1.10. The van der Waals surface area contributed by atoms with Gasteiger partial charge in [0.25, 0.3) is 5.56 Å². The maximum Gasteiger partial charge on any atom is 0.268 e. The van der Waals surface area contributed by atoms with Crippen molar-refractivity contribution in [2.24, 2.45) is 0 Å². The molecule has 19 heavy (non-hydrogen) atoms. The Balaban J connectivity index is 2.46. The fourth-order valence-electron chi connectivity index (χ4n) is 1.65. The van der Waals surface area contributed by atoms with Gasteiger partial charge in [0.05, 0.1) is 18.2 Å². The SMILES string of the molecule is Cc1ncc(Br)c(=O)n1Cc1ccc(C#N)cc1Cl. The molecule has 6 heteroatoms. The number of hydrogen-bond acceptors (Lipinski definition) is 3. The van der Waals surface area contributed by atoms with E-state index in [0.717, 1.165) is 5.56 Å². The molecule has 1 heterocycles. The molecule has 4 nitrogen and oxygen atoms in total. The van der Waals surface area contributed by atoms with E-state index >= 15 is 0 Å². The third-order valence-corrected chi connectivity index (χ3v) is 3.61. The first kappa shape index (κ1) is 13.8. The van der Waals surface area contributed by atoms with Crippen molar-refractivity contribution < 1.29 is 0 Å². The van der Waals surface area contributed by atoms with Gasteiger partial charge < -0.3 is 0 Å². The van der Waals surface area contributed by atoms with E-state index in [2.05, 4.69) is 20.9 Å². The Hall–Kier alpha value is -1.64. The maximum atomic E-state index is 12.0. The van der Waals surface area contributed by atoms with Crippen molar-refractivity contribution in [1.82, 2.24) is 9.55 Å². The van der Waals surface area contributed by atoms with Gasteiger partial charge in [-0.2, -0.15) is 5.26 Å². The summed E-state index contributed by atoms with van der Waals surface area (Å²) in [6.07, 6.45) is 1.48. The van der Waals surface area contributed by atoms with Crippen molar-refractivity contribution in [2.75, 3.05) is 0 Å². The highest BCUT2D eigenvalue weighted by Crippen LogP contribution is 2.18. The van der Waals surface area contributed by atoms with Crippen LogP contribution in [0.3, 0.4) is 0 Å². The number of aryl methyl sites for hydroxylation is 1. The van der Waals surface area contributed by atoms with Gasteiger partial charge in [0.2, 0.25) is 0 Å². The average Bonchev–Trinajstić information content (AvgIpc) is 2.40. The van der Waals surface area contributed by atoms with Gasteiger partial charge in [-0.25, -0.2) is 4.98 Å². The molecule has 2 rings (SSSR count). The van der Waals surface area contributed by atoms with Crippen LogP contribution in [0.4, 0.5) is 0 Å². The van der Waals surface area contributed by atoms with Gasteiger partial charge in [-0.15, -0.1) is 0 Å². The van der Waals surface area contributed by atoms with Gasteiger partial charge in [-0.05, 0) is 40.5 Å². The highest BCUT2D eigenvalue weighted by atomic mass is 79.9. The molecule has 0 saturated carbocycles. The molecule has 0 radical (unpaired) electrons. The lowest BCUT2D eigenvalue weighted by Crippen LogP contribution is -2.24. The minimum Gasteiger partial charge on any atom is -0.291 e. The second kappa shape index (κ2) is 5.55. The Morgan fingerprint density at radius 3 is 2.89 bits per heavy atom. The fraction of sp³-hybridized carbons (Fsp3) is 0.154. The predicted molar refractivity (Wildman–Crippen MR) is 76.2 cm³/mol. The lowest BCUT2D eigenvalue weighted by Gasteiger charge is -2.10.